The number of H-pyrrole nitrogens is 1. The van der Waals surface area contributed by atoms with Gasteiger partial charge in [-0.05, 0) is 42.8 Å². The van der Waals surface area contributed by atoms with Crippen LogP contribution in [0, 0.1) is 11.3 Å². The van der Waals surface area contributed by atoms with Gasteiger partial charge in [0, 0.05) is 21.2 Å². The molecule has 0 fully saturated rings. The number of nitriles is 1. The summed E-state index contributed by atoms with van der Waals surface area (Å²) in [6, 6.07) is 14.9. The highest BCUT2D eigenvalue weighted by molar-refractivity contribution is 6.36. The summed E-state index contributed by atoms with van der Waals surface area (Å²) in [6.45, 7) is 2.70. The highest BCUT2D eigenvalue weighted by Crippen LogP contribution is 2.49. The van der Waals surface area contributed by atoms with Gasteiger partial charge in [0.05, 0.1) is 23.8 Å². The van der Waals surface area contributed by atoms with Crippen LogP contribution in [-0.4, -0.2) is 16.8 Å². The zero-order valence-electron chi connectivity index (χ0n) is 16.1. The Balaban J connectivity index is 1.87. The van der Waals surface area contributed by atoms with Gasteiger partial charge in [-0.15, -0.1) is 5.10 Å². The minimum absolute atomic E-state index is 0.0210. The smallest absolute Gasteiger partial charge is 0.244 e. The summed E-state index contributed by atoms with van der Waals surface area (Å²) in [5.41, 5.74) is 9.02. The minimum atomic E-state index is -0.621. The van der Waals surface area contributed by atoms with Crippen molar-refractivity contribution in [2.45, 2.75) is 19.3 Å². The van der Waals surface area contributed by atoms with Crippen LogP contribution >= 0.6 is 23.2 Å². The first kappa shape index (κ1) is 20.1. The molecule has 1 aromatic heterocycles. The molecule has 0 aliphatic carbocycles. The summed E-state index contributed by atoms with van der Waals surface area (Å²) >= 11 is 13.0. The van der Waals surface area contributed by atoms with E-state index >= 15 is 0 Å². The summed E-state index contributed by atoms with van der Waals surface area (Å²) in [4.78, 5) is 0. The molecule has 4 rings (SSSR count). The van der Waals surface area contributed by atoms with E-state index in [0.29, 0.717) is 33.5 Å². The number of hydrogen-bond acceptors (Lipinski definition) is 5. The number of allylic oxidation sites excluding steroid dienone is 1. The molecule has 3 N–H and O–H groups in total. The van der Waals surface area contributed by atoms with Gasteiger partial charge in [-0.25, -0.2) is 0 Å². The lowest BCUT2D eigenvalue weighted by molar-refractivity contribution is 0.317. The Bertz CT molecular complexity index is 1140. The number of halogens is 2. The fourth-order valence-electron chi connectivity index (χ4n) is 3.48. The van der Waals surface area contributed by atoms with Crippen LogP contribution < -0.4 is 15.2 Å². The van der Waals surface area contributed by atoms with E-state index in [1.165, 1.54) is 0 Å². The van der Waals surface area contributed by atoms with Crippen molar-refractivity contribution in [1.82, 2.24) is 10.2 Å². The average molecular weight is 441 g/mol. The van der Waals surface area contributed by atoms with Crippen molar-refractivity contribution in [1.29, 1.82) is 5.26 Å². The summed E-state index contributed by atoms with van der Waals surface area (Å²) < 4.78 is 11.3. The molecule has 2 heterocycles. The van der Waals surface area contributed by atoms with Gasteiger partial charge >= 0.3 is 0 Å². The molecular weight excluding hydrogens is 423 g/mol. The third-order valence-corrected chi connectivity index (χ3v) is 5.50. The molecule has 0 spiro atoms. The molecule has 0 saturated carbocycles. The van der Waals surface area contributed by atoms with Crippen LogP contribution in [0.1, 0.15) is 30.4 Å². The van der Waals surface area contributed by atoms with Crippen LogP contribution in [0.4, 0.5) is 0 Å². The van der Waals surface area contributed by atoms with E-state index in [4.69, 9.17) is 38.4 Å². The van der Waals surface area contributed by atoms with E-state index in [9.17, 15) is 5.26 Å². The molecule has 1 aliphatic heterocycles. The molecular formula is C22H18Cl2N4O2. The highest BCUT2D eigenvalue weighted by Gasteiger charge is 2.37. The van der Waals surface area contributed by atoms with Crippen molar-refractivity contribution in [3.63, 3.8) is 0 Å². The molecule has 152 valence electrons. The summed E-state index contributed by atoms with van der Waals surface area (Å²) in [6.07, 6.45) is 0.929. The van der Waals surface area contributed by atoms with Crippen molar-refractivity contribution < 1.29 is 9.47 Å². The Labute approximate surface area is 183 Å². The lowest BCUT2D eigenvalue weighted by Gasteiger charge is -2.25. The number of aromatic nitrogens is 2. The molecule has 8 heteroatoms. The third kappa shape index (κ3) is 3.47. The Kier molecular flexibility index (Phi) is 5.58. The molecule has 3 aromatic rings. The Morgan fingerprint density at radius 3 is 2.50 bits per heavy atom. The molecule has 1 aliphatic rings. The van der Waals surface area contributed by atoms with Crippen LogP contribution in [0.15, 0.2) is 53.9 Å². The molecule has 1 atom stereocenters. The summed E-state index contributed by atoms with van der Waals surface area (Å²) in [5.74, 6) is 0.420. The normalized spacial score (nSPS) is 15.3. The van der Waals surface area contributed by atoms with Crippen LogP contribution in [0.25, 0.3) is 11.3 Å². The van der Waals surface area contributed by atoms with Gasteiger partial charge in [-0.3, -0.25) is 5.10 Å². The molecule has 0 radical (unpaired) electrons. The predicted molar refractivity (Wildman–Crippen MR) is 116 cm³/mol. The number of nitrogens with one attached hydrogen (secondary N) is 1. The standard InChI is InChI=1S/C22H18Cl2N4O2/c1-2-10-29-13-8-6-12(7-9-13)20-19-17(18-15(23)4-3-5-16(18)24)14(11-25)21(26)30-22(19)28-27-20/h3-9,17H,2,10,26H2,1H3,(H,27,28)/t17-/m0/s1. The summed E-state index contributed by atoms with van der Waals surface area (Å²) in [5, 5.41) is 17.9. The molecule has 0 saturated heterocycles. The number of aromatic amines is 1. The topological polar surface area (TPSA) is 97.0 Å². The monoisotopic (exact) mass is 440 g/mol. The number of rotatable bonds is 5. The predicted octanol–water partition coefficient (Wildman–Crippen LogP) is 5.39. The van der Waals surface area contributed by atoms with Gasteiger partial charge in [-0.2, -0.15) is 5.26 Å². The van der Waals surface area contributed by atoms with Crippen molar-refractivity contribution in [2.75, 3.05) is 6.61 Å². The SMILES string of the molecule is CCCOc1ccc(-c2[nH]nc3c2[C@H](c2c(Cl)cccc2Cl)C(C#N)=C(N)O3)cc1. The van der Waals surface area contributed by atoms with E-state index in [2.05, 4.69) is 23.2 Å². The molecule has 2 aromatic carbocycles. The fourth-order valence-corrected chi connectivity index (χ4v) is 4.09. The van der Waals surface area contributed by atoms with Crippen molar-refractivity contribution >= 4 is 23.2 Å². The first-order chi connectivity index (χ1) is 14.5. The second-order valence-corrected chi connectivity index (χ2v) is 7.56. The van der Waals surface area contributed by atoms with Gasteiger partial charge in [0.2, 0.25) is 11.8 Å². The first-order valence-corrected chi connectivity index (χ1v) is 10.1. The maximum atomic E-state index is 9.82. The number of hydrogen-bond donors (Lipinski definition) is 2. The van der Waals surface area contributed by atoms with Gasteiger partial charge in [0.15, 0.2) is 0 Å². The zero-order valence-corrected chi connectivity index (χ0v) is 17.6. The highest BCUT2D eigenvalue weighted by atomic mass is 35.5. The van der Waals surface area contributed by atoms with Crippen LogP contribution in [0.5, 0.6) is 11.6 Å². The van der Waals surface area contributed by atoms with E-state index in [1.807, 2.05) is 24.3 Å². The van der Waals surface area contributed by atoms with Crippen molar-refractivity contribution in [3.05, 3.63) is 75.1 Å². The van der Waals surface area contributed by atoms with E-state index in [-0.39, 0.29) is 17.3 Å². The van der Waals surface area contributed by atoms with Gasteiger partial charge in [-0.1, -0.05) is 36.2 Å². The number of fused-ring (bicyclic) bond motifs is 1. The van der Waals surface area contributed by atoms with E-state index in [0.717, 1.165) is 17.7 Å². The molecule has 0 amide bonds. The van der Waals surface area contributed by atoms with Crippen LogP contribution in [0.3, 0.4) is 0 Å². The quantitative estimate of drug-likeness (QED) is 0.553. The third-order valence-electron chi connectivity index (χ3n) is 4.84. The lowest BCUT2D eigenvalue weighted by Crippen LogP contribution is -2.21. The maximum absolute atomic E-state index is 9.82. The molecule has 0 unspecified atom stereocenters. The number of nitrogens with two attached hydrogens (primary N) is 1. The van der Waals surface area contributed by atoms with Crippen molar-refractivity contribution in [2.24, 2.45) is 5.73 Å². The second-order valence-electron chi connectivity index (χ2n) is 6.75. The Morgan fingerprint density at radius 1 is 1.17 bits per heavy atom. The van der Waals surface area contributed by atoms with Crippen LogP contribution in [-0.2, 0) is 0 Å². The number of benzene rings is 2. The molecule has 6 nitrogen and oxygen atoms in total. The lowest BCUT2D eigenvalue weighted by atomic mass is 9.83. The van der Waals surface area contributed by atoms with Crippen molar-refractivity contribution in [3.8, 4) is 29.0 Å². The second kappa shape index (κ2) is 8.31. The first-order valence-electron chi connectivity index (χ1n) is 9.38. The average Bonchev–Trinajstić information content (AvgIpc) is 3.15. The summed E-state index contributed by atoms with van der Waals surface area (Å²) in [7, 11) is 0. The van der Waals surface area contributed by atoms with E-state index < -0.39 is 5.92 Å². The maximum Gasteiger partial charge on any atom is 0.244 e. The van der Waals surface area contributed by atoms with Gasteiger partial charge in [0.1, 0.15) is 17.4 Å². The molecule has 0 bridgehead atoms. The van der Waals surface area contributed by atoms with Gasteiger partial charge in [0.25, 0.3) is 0 Å². The largest absolute Gasteiger partial charge is 0.494 e. The Hall–Kier alpha value is -3.14. The minimum Gasteiger partial charge on any atom is -0.494 e. The van der Waals surface area contributed by atoms with E-state index in [1.54, 1.807) is 18.2 Å². The Morgan fingerprint density at radius 2 is 1.87 bits per heavy atom. The number of ether oxygens (including phenoxy) is 2. The zero-order chi connectivity index (χ0) is 21.3. The fraction of sp³-hybridized carbons (Fsp3) is 0.182. The van der Waals surface area contributed by atoms with Crippen LogP contribution in [0.2, 0.25) is 10.0 Å². The molecule has 30 heavy (non-hydrogen) atoms. The van der Waals surface area contributed by atoms with Gasteiger partial charge < -0.3 is 15.2 Å². The number of nitrogens with zero attached hydrogens (tertiary/aromatic N) is 2.